The molecule has 0 heterocycles. The van der Waals surface area contributed by atoms with Crippen molar-refractivity contribution in [2.45, 2.75) is 52.8 Å². The van der Waals surface area contributed by atoms with Crippen LogP contribution < -0.4 is 0 Å². The van der Waals surface area contributed by atoms with E-state index in [4.69, 9.17) is 13.6 Å². The van der Waals surface area contributed by atoms with Crippen LogP contribution in [0.1, 0.15) is 12.5 Å². The third-order valence-corrected chi connectivity index (χ3v) is 4.71. The third-order valence-electron chi connectivity index (χ3n) is 2.94. The molecule has 0 unspecified atom stereocenters. The van der Waals surface area contributed by atoms with Gasteiger partial charge in [-0.3, -0.25) is 0 Å². The number of carbonyl (C=O) groups excluding carboxylic acids is 1. The van der Waals surface area contributed by atoms with Gasteiger partial charge >= 0.3 is 5.97 Å². The summed E-state index contributed by atoms with van der Waals surface area (Å²) in [4.78, 5) is 12.7. The summed E-state index contributed by atoms with van der Waals surface area (Å²) in [6, 6.07) is 9.57. The van der Waals surface area contributed by atoms with E-state index >= 15 is 0 Å². The normalized spacial score (nSPS) is 12.9. The van der Waals surface area contributed by atoms with Crippen molar-refractivity contribution in [3.05, 3.63) is 59.6 Å². The van der Waals surface area contributed by atoms with E-state index in [1.807, 2.05) is 50.0 Å². The number of ether oxygens (including phenoxy) is 1. The average Bonchev–Trinajstić information content (AvgIpc) is 2.42. The molecule has 0 aliphatic carbocycles. The Hall–Kier alpha value is -1.80. The Morgan fingerprint density at radius 3 is 1.96 bits per heavy atom. The van der Waals surface area contributed by atoms with Crippen molar-refractivity contribution >= 4 is 22.6 Å². The molecule has 0 radical (unpaired) electrons. The molecule has 0 saturated carbocycles. The Morgan fingerprint density at radius 1 is 0.960 bits per heavy atom. The molecule has 0 aliphatic heterocycles. The molecule has 0 atom stereocenters. The zero-order valence-electron chi connectivity index (χ0n) is 16.4. The minimum absolute atomic E-state index is 0.198. The van der Waals surface area contributed by atoms with E-state index in [1.165, 1.54) is 0 Å². The Bertz CT molecular complexity index is 638. The first-order valence-corrected chi connectivity index (χ1v) is 15.2. The van der Waals surface area contributed by atoms with E-state index in [0.29, 0.717) is 17.1 Å². The number of carbonyl (C=O) groups is 1. The number of benzene rings is 1. The van der Waals surface area contributed by atoms with E-state index in [-0.39, 0.29) is 6.61 Å². The zero-order chi connectivity index (χ0) is 19.3. The van der Waals surface area contributed by atoms with Crippen molar-refractivity contribution in [3.63, 3.8) is 0 Å². The summed E-state index contributed by atoms with van der Waals surface area (Å²) in [5.74, 6) is 0.372. The maximum Gasteiger partial charge on any atom is 0.345 e. The van der Waals surface area contributed by atoms with Gasteiger partial charge in [0, 0.05) is 0 Å². The second-order valence-electron chi connectivity index (χ2n) is 7.84. The lowest BCUT2D eigenvalue weighted by molar-refractivity contribution is -0.140. The minimum Gasteiger partial charge on any atom is -0.547 e. The highest BCUT2D eigenvalue weighted by atomic mass is 28.4. The van der Waals surface area contributed by atoms with E-state index in [1.54, 1.807) is 6.92 Å². The summed E-state index contributed by atoms with van der Waals surface area (Å²) < 4.78 is 17.4. The Morgan fingerprint density at radius 2 is 1.48 bits per heavy atom. The second-order valence-corrected chi connectivity index (χ2v) is 16.7. The molecule has 0 bridgehead atoms. The van der Waals surface area contributed by atoms with Crippen LogP contribution in [0.5, 0.6) is 0 Å². The first-order valence-electron chi connectivity index (χ1n) is 8.38. The molecule has 0 fully saturated rings. The molecule has 1 rings (SSSR count). The van der Waals surface area contributed by atoms with Crippen molar-refractivity contribution in [2.75, 3.05) is 0 Å². The van der Waals surface area contributed by atoms with Crippen LogP contribution in [0.4, 0.5) is 0 Å². The lowest BCUT2D eigenvalue weighted by atomic mass is 10.2. The summed E-state index contributed by atoms with van der Waals surface area (Å²) in [7, 11) is -3.78. The summed E-state index contributed by atoms with van der Waals surface area (Å²) in [6.07, 6.45) is 0. The summed E-state index contributed by atoms with van der Waals surface area (Å²) in [5.41, 5.74) is 1.22. The van der Waals surface area contributed by atoms with Crippen molar-refractivity contribution in [1.29, 1.82) is 0 Å². The largest absolute Gasteiger partial charge is 0.547 e. The Kier molecular flexibility index (Phi) is 7.25. The van der Waals surface area contributed by atoms with Crippen LogP contribution >= 0.6 is 0 Å². The van der Waals surface area contributed by atoms with Crippen LogP contribution in [-0.4, -0.2) is 22.6 Å². The van der Waals surface area contributed by atoms with Crippen molar-refractivity contribution in [1.82, 2.24) is 0 Å². The molecular weight excluding hydrogens is 348 g/mol. The van der Waals surface area contributed by atoms with Gasteiger partial charge in [0.1, 0.15) is 17.9 Å². The van der Waals surface area contributed by atoms with Crippen LogP contribution in [0.2, 0.25) is 39.3 Å². The molecule has 0 N–H and O–H groups in total. The summed E-state index contributed by atoms with van der Waals surface area (Å²) >= 11 is 0. The molecule has 0 saturated heterocycles. The summed E-state index contributed by atoms with van der Waals surface area (Å²) in [6.45, 7) is 18.2. The molecule has 1 aromatic rings. The first-order chi connectivity index (χ1) is 11.4. The SMILES string of the molecule is C=C(O[Si](C)(C)C)/C(C(=O)OCc1ccccc1)=C(/C)O[Si](C)(C)C. The average molecular weight is 379 g/mol. The maximum absolute atomic E-state index is 12.7. The lowest BCUT2D eigenvalue weighted by Crippen LogP contribution is -2.29. The minimum atomic E-state index is -1.91. The van der Waals surface area contributed by atoms with Gasteiger partial charge in [-0.1, -0.05) is 36.9 Å². The van der Waals surface area contributed by atoms with Gasteiger partial charge < -0.3 is 13.6 Å². The predicted octanol–water partition coefficient (Wildman–Crippen LogP) is 5.22. The molecule has 0 aromatic heterocycles. The highest BCUT2D eigenvalue weighted by molar-refractivity contribution is 6.70. The molecule has 6 heteroatoms. The van der Waals surface area contributed by atoms with E-state index in [2.05, 4.69) is 26.2 Å². The van der Waals surface area contributed by atoms with Crippen LogP contribution in [-0.2, 0) is 25.0 Å². The Balaban J connectivity index is 3.02. The molecule has 0 amide bonds. The lowest BCUT2D eigenvalue weighted by Gasteiger charge is -2.26. The molecule has 0 spiro atoms. The standard InChI is InChI=1S/C19H30O4Si2/c1-15(22-24(3,4)5)18(16(2)23-25(6,7)8)19(20)21-14-17-12-10-9-11-13-17/h9-13H,1,14H2,2-8H3/b18-16+. The van der Waals surface area contributed by atoms with Crippen LogP contribution in [0.15, 0.2) is 54.0 Å². The fourth-order valence-electron chi connectivity index (χ4n) is 2.18. The van der Waals surface area contributed by atoms with E-state index in [9.17, 15) is 4.79 Å². The van der Waals surface area contributed by atoms with E-state index in [0.717, 1.165) is 5.56 Å². The molecular formula is C19H30O4Si2. The second kappa shape index (κ2) is 8.53. The maximum atomic E-state index is 12.7. The quantitative estimate of drug-likeness (QED) is 0.204. The number of hydrogen-bond donors (Lipinski definition) is 0. The fraction of sp³-hybridized carbons (Fsp3) is 0.421. The fourth-order valence-corrected chi connectivity index (χ4v) is 4.04. The molecule has 0 aliphatic rings. The van der Waals surface area contributed by atoms with Gasteiger partial charge in [0.05, 0.1) is 5.76 Å². The zero-order valence-corrected chi connectivity index (χ0v) is 18.4. The third kappa shape index (κ3) is 8.22. The molecule has 25 heavy (non-hydrogen) atoms. The Labute approximate surface area is 153 Å². The molecule has 4 nitrogen and oxygen atoms in total. The van der Waals surface area contributed by atoms with Gasteiger partial charge in [0.2, 0.25) is 16.6 Å². The van der Waals surface area contributed by atoms with Gasteiger partial charge in [-0.05, 0) is 51.8 Å². The number of rotatable bonds is 8. The number of esters is 1. The monoisotopic (exact) mass is 378 g/mol. The smallest absolute Gasteiger partial charge is 0.345 e. The topological polar surface area (TPSA) is 44.8 Å². The van der Waals surface area contributed by atoms with Gasteiger partial charge in [0.25, 0.3) is 0 Å². The van der Waals surface area contributed by atoms with Crippen LogP contribution in [0.3, 0.4) is 0 Å². The number of hydrogen-bond acceptors (Lipinski definition) is 4. The molecule has 1 aromatic carbocycles. The van der Waals surface area contributed by atoms with Crippen LogP contribution in [0, 0.1) is 0 Å². The van der Waals surface area contributed by atoms with Gasteiger partial charge in [-0.15, -0.1) is 0 Å². The molecule has 138 valence electrons. The predicted molar refractivity (Wildman–Crippen MR) is 107 cm³/mol. The summed E-state index contributed by atoms with van der Waals surface area (Å²) in [5, 5.41) is 0. The van der Waals surface area contributed by atoms with Crippen molar-refractivity contribution in [2.24, 2.45) is 0 Å². The van der Waals surface area contributed by atoms with Crippen molar-refractivity contribution < 1.29 is 18.4 Å². The van der Waals surface area contributed by atoms with Crippen LogP contribution in [0.25, 0.3) is 0 Å². The highest BCUT2D eigenvalue weighted by Gasteiger charge is 2.27. The van der Waals surface area contributed by atoms with Gasteiger partial charge in [-0.2, -0.15) is 0 Å². The highest BCUT2D eigenvalue weighted by Crippen LogP contribution is 2.24. The first kappa shape index (κ1) is 21.2. The number of allylic oxidation sites excluding steroid dienone is 1. The van der Waals surface area contributed by atoms with Gasteiger partial charge in [-0.25, -0.2) is 4.79 Å². The van der Waals surface area contributed by atoms with Gasteiger partial charge in [0.15, 0.2) is 0 Å². The van der Waals surface area contributed by atoms with E-state index < -0.39 is 22.6 Å². The van der Waals surface area contributed by atoms with Crippen molar-refractivity contribution in [3.8, 4) is 0 Å².